The number of para-hydroxylation sites is 1. The van der Waals surface area contributed by atoms with Crippen LogP contribution in [0.15, 0.2) is 75.3 Å². The predicted molar refractivity (Wildman–Crippen MR) is 130 cm³/mol. The highest BCUT2D eigenvalue weighted by molar-refractivity contribution is 7.98. The number of sulfonamides is 1. The Bertz CT molecular complexity index is 1390. The maximum atomic E-state index is 13.0. The number of fused-ring (bicyclic) bond motifs is 1. The van der Waals surface area contributed by atoms with E-state index < -0.39 is 16.6 Å². The molecule has 0 fully saturated rings. The smallest absolute Gasteiger partial charge is 0.387 e. The van der Waals surface area contributed by atoms with Crippen LogP contribution in [0.25, 0.3) is 11.0 Å². The molecular formula is C24H25F2N3O4S2. The van der Waals surface area contributed by atoms with E-state index in [1.165, 1.54) is 22.1 Å². The van der Waals surface area contributed by atoms with Gasteiger partial charge in [0, 0.05) is 24.4 Å². The molecule has 0 radical (unpaired) electrons. The van der Waals surface area contributed by atoms with Crippen LogP contribution in [0.1, 0.15) is 25.2 Å². The Labute approximate surface area is 206 Å². The lowest BCUT2D eigenvalue weighted by Crippen LogP contribution is -2.30. The molecule has 2 aromatic carbocycles. The molecule has 0 amide bonds. The van der Waals surface area contributed by atoms with Gasteiger partial charge in [0.1, 0.15) is 11.5 Å². The number of furan rings is 1. The first-order valence-corrected chi connectivity index (χ1v) is 13.4. The Kier molecular flexibility index (Phi) is 7.78. The summed E-state index contributed by atoms with van der Waals surface area (Å²) in [6.07, 6.45) is 1.58. The molecule has 0 N–H and O–H groups in total. The molecule has 2 aromatic heterocycles. The van der Waals surface area contributed by atoms with Gasteiger partial charge in [0.25, 0.3) is 0 Å². The van der Waals surface area contributed by atoms with Crippen LogP contribution >= 0.6 is 11.8 Å². The topological polar surface area (TPSA) is 77.6 Å². The average Bonchev–Trinajstić information content (AvgIpc) is 3.46. The molecule has 0 atom stereocenters. The van der Waals surface area contributed by atoms with Gasteiger partial charge < -0.3 is 13.7 Å². The van der Waals surface area contributed by atoms with Crippen molar-refractivity contribution >= 4 is 32.8 Å². The summed E-state index contributed by atoms with van der Waals surface area (Å²) < 4.78 is 65.1. The minimum Gasteiger partial charge on any atom is -0.467 e. The van der Waals surface area contributed by atoms with Crippen molar-refractivity contribution in [3.05, 3.63) is 72.2 Å². The zero-order valence-corrected chi connectivity index (χ0v) is 20.9. The third kappa shape index (κ3) is 5.52. The molecular weight excluding hydrogens is 496 g/mol. The summed E-state index contributed by atoms with van der Waals surface area (Å²) in [5.41, 5.74) is 1.85. The summed E-state index contributed by atoms with van der Waals surface area (Å²) >= 11 is 1.34. The summed E-state index contributed by atoms with van der Waals surface area (Å²) in [7, 11) is -3.65. The van der Waals surface area contributed by atoms with Crippen LogP contribution in [0.5, 0.6) is 5.75 Å². The van der Waals surface area contributed by atoms with Crippen LogP contribution < -0.4 is 4.74 Å². The van der Waals surface area contributed by atoms with Crippen LogP contribution in [0, 0.1) is 0 Å². The van der Waals surface area contributed by atoms with Crippen molar-refractivity contribution in [3.8, 4) is 5.75 Å². The van der Waals surface area contributed by atoms with E-state index in [0.717, 1.165) is 5.52 Å². The summed E-state index contributed by atoms with van der Waals surface area (Å²) in [5.74, 6) is 1.14. The molecule has 0 saturated heterocycles. The van der Waals surface area contributed by atoms with E-state index in [1.54, 1.807) is 62.6 Å². The lowest BCUT2D eigenvalue weighted by Gasteiger charge is -2.18. The molecule has 35 heavy (non-hydrogen) atoms. The Balaban J connectivity index is 1.72. The van der Waals surface area contributed by atoms with Crippen LogP contribution in [0.4, 0.5) is 8.78 Å². The quantitative estimate of drug-likeness (QED) is 0.239. The van der Waals surface area contributed by atoms with E-state index in [-0.39, 0.29) is 10.6 Å². The molecule has 0 aliphatic heterocycles. The van der Waals surface area contributed by atoms with Gasteiger partial charge in [-0.1, -0.05) is 43.8 Å². The van der Waals surface area contributed by atoms with Crippen LogP contribution in [0.3, 0.4) is 0 Å². The molecule has 4 aromatic rings. The molecule has 0 unspecified atom stereocenters. The number of rotatable bonds is 11. The number of benzene rings is 2. The molecule has 0 aliphatic carbocycles. The van der Waals surface area contributed by atoms with Crippen molar-refractivity contribution in [2.24, 2.45) is 0 Å². The number of nitrogens with zero attached hydrogens (tertiary/aromatic N) is 3. The van der Waals surface area contributed by atoms with E-state index >= 15 is 0 Å². The maximum absolute atomic E-state index is 13.0. The summed E-state index contributed by atoms with van der Waals surface area (Å²) in [6, 6.07) is 15.1. The zero-order chi connectivity index (χ0) is 25.0. The van der Waals surface area contributed by atoms with Crippen LogP contribution in [0.2, 0.25) is 0 Å². The van der Waals surface area contributed by atoms with E-state index in [9.17, 15) is 17.2 Å². The number of hydrogen-bond donors (Lipinski definition) is 0. The normalized spacial score (nSPS) is 12.2. The van der Waals surface area contributed by atoms with E-state index in [1.807, 2.05) is 10.6 Å². The van der Waals surface area contributed by atoms with Crippen molar-refractivity contribution < 1.29 is 26.4 Å². The highest BCUT2D eigenvalue weighted by Crippen LogP contribution is 2.32. The van der Waals surface area contributed by atoms with Gasteiger partial charge in [0.05, 0.1) is 28.7 Å². The van der Waals surface area contributed by atoms with Gasteiger partial charge in [-0.3, -0.25) is 0 Å². The van der Waals surface area contributed by atoms with Gasteiger partial charge >= 0.3 is 6.61 Å². The van der Waals surface area contributed by atoms with Crippen molar-refractivity contribution in [2.45, 2.75) is 42.8 Å². The third-order valence-electron chi connectivity index (χ3n) is 5.47. The number of alkyl halides is 2. The van der Waals surface area contributed by atoms with E-state index in [4.69, 9.17) is 9.40 Å². The van der Waals surface area contributed by atoms with Crippen molar-refractivity contribution in [1.29, 1.82) is 0 Å². The molecule has 186 valence electrons. The first-order valence-electron chi connectivity index (χ1n) is 11.0. The summed E-state index contributed by atoms with van der Waals surface area (Å²) in [5, 5.41) is 0.598. The molecule has 0 bridgehead atoms. The first-order chi connectivity index (χ1) is 16.8. The van der Waals surface area contributed by atoms with Gasteiger partial charge in [-0.25, -0.2) is 13.4 Å². The zero-order valence-electron chi connectivity index (χ0n) is 19.2. The SMILES string of the molecule is CCN(CC)S(=O)(=O)c1ccc2c(c1)nc(SCc1ccccc1OC(F)F)n2Cc1ccco1. The number of imidazole rings is 1. The van der Waals surface area contributed by atoms with Gasteiger partial charge in [0.15, 0.2) is 5.16 Å². The highest BCUT2D eigenvalue weighted by Gasteiger charge is 2.23. The van der Waals surface area contributed by atoms with Gasteiger partial charge in [0.2, 0.25) is 10.0 Å². The number of halogens is 2. The molecule has 0 aliphatic rings. The minimum absolute atomic E-state index is 0.108. The average molecular weight is 522 g/mol. The minimum atomic E-state index is -3.65. The van der Waals surface area contributed by atoms with E-state index in [0.29, 0.717) is 47.4 Å². The van der Waals surface area contributed by atoms with Crippen molar-refractivity contribution in [2.75, 3.05) is 13.1 Å². The third-order valence-corrected chi connectivity index (χ3v) is 8.54. The second-order valence-electron chi connectivity index (χ2n) is 7.57. The van der Waals surface area contributed by atoms with Crippen LogP contribution in [-0.4, -0.2) is 42.0 Å². The van der Waals surface area contributed by atoms with Gasteiger partial charge in [-0.05, 0) is 36.4 Å². The largest absolute Gasteiger partial charge is 0.467 e. The fraction of sp³-hybridized carbons (Fsp3) is 0.292. The Hall–Kier alpha value is -2.89. The molecule has 0 spiro atoms. The second-order valence-corrected chi connectivity index (χ2v) is 10.5. The lowest BCUT2D eigenvalue weighted by atomic mass is 10.2. The van der Waals surface area contributed by atoms with Gasteiger partial charge in [-0.2, -0.15) is 13.1 Å². The highest BCUT2D eigenvalue weighted by atomic mass is 32.2. The Morgan fingerprint density at radius 1 is 1.11 bits per heavy atom. The van der Waals surface area contributed by atoms with Gasteiger partial charge in [-0.15, -0.1) is 0 Å². The molecule has 0 saturated carbocycles. The fourth-order valence-corrected chi connectivity index (χ4v) is 6.24. The number of thioether (sulfide) groups is 1. The summed E-state index contributed by atoms with van der Waals surface area (Å²) in [4.78, 5) is 4.87. The first kappa shape index (κ1) is 25.2. The van der Waals surface area contributed by atoms with Crippen molar-refractivity contribution in [3.63, 3.8) is 0 Å². The molecule has 7 nitrogen and oxygen atoms in total. The summed E-state index contributed by atoms with van der Waals surface area (Å²) in [6.45, 7) is 1.78. The lowest BCUT2D eigenvalue weighted by molar-refractivity contribution is -0.0503. The van der Waals surface area contributed by atoms with E-state index in [2.05, 4.69) is 4.74 Å². The molecule has 2 heterocycles. The maximum Gasteiger partial charge on any atom is 0.387 e. The number of ether oxygens (including phenoxy) is 1. The standard InChI is InChI=1S/C24H25F2N3O4S2/c1-3-28(4-2)35(30,31)19-11-12-21-20(14-19)27-24(29(21)15-18-9-7-13-32-18)34-16-17-8-5-6-10-22(17)33-23(25)26/h5-14,23H,3-4,15-16H2,1-2H3. The Morgan fingerprint density at radius 3 is 2.57 bits per heavy atom. The molecule has 11 heteroatoms. The van der Waals surface area contributed by atoms with Crippen LogP contribution in [-0.2, 0) is 22.3 Å². The second kappa shape index (κ2) is 10.8. The number of hydrogen-bond acceptors (Lipinski definition) is 6. The number of aromatic nitrogens is 2. The van der Waals surface area contributed by atoms with Crippen molar-refractivity contribution in [1.82, 2.24) is 13.9 Å². The monoisotopic (exact) mass is 521 g/mol. The molecule has 4 rings (SSSR count). The fourth-order valence-electron chi connectivity index (χ4n) is 3.76. The predicted octanol–water partition coefficient (Wildman–Crippen LogP) is 5.60. The Morgan fingerprint density at radius 2 is 1.89 bits per heavy atom.